The first-order valence-corrected chi connectivity index (χ1v) is 5.73. The Kier molecular flexibility index (Phi) is 3.08. The summed E-state index contributed by atoms with van der Waals surface area (Å²) in [5.41, 5.74) is 8.46. The molecule has 0 unspecified atom stereocenters. The van der Waals surface area contributed by atoms with Gasteiger partial charge in [0.1, 0.15) is 0 Å². The van der Waals surface area contributed by atoms with Gasteiger partial charge in [0.15, 0.2) is 0 Å². The normalized spacial score (nSPS) is 27.1. The Balaban J connectivity index is 1.93. The van der Waals surface area contributed by atoms with E-state index in [9.17, 15) is 0 Å². The van der Waals surface area contributed by atoms with Gasteiger partial charge >= 0.3 is 0 Å². The first kappa shape index (κ1) is 10.7. The van der Waals surface area contributed by atoms with Crippen molar-refractivity contribution in [2.45, 2.75) is 44.8 Å². The highest BCUT2D eigenvalue weighted by molar-refractivity contribution is 5.24. The molecule has 0 saturated heterocycles. The van der Waals surface area contributed by atoms with Crippen LogP contribution in [0.25, 0.3) is 0 Å². The molecule has 0 radical (unpaired) electrons. The van der Waals surface area contributed by atoms with Gasteiger partial charge in [-0.25, -0.2) is 0 Å². The quantitative estimate of drug-likeness (QED) is 0.791. The largest absolute Gasteiger partial charge is 0.328 e. The van der Waals surface area contributed by atoms with Gasteiger partial charge in [-0.15, -0.1) is 0 Å². The first-order valence-electron chi connectivity index (χ1n) is 5.73. The van der Waals surface area contributed by atoms with Crippen LogP contribution in [0.2, 0.25) is 0 Å². The van der Waals surface area contributed by atoms with Crippen molar-refractivity contribution >= 4 is 0 Å². The lowest BCUT2D eigenvalue weighted by atomic mass is 9.86. The van der Waals surface area contributed by atoms with Crippen LogP contribution in [0, 0.1) is 6.92 Å². The number of aryl methyl sites for hydroxylation is 1. The van der Waals surface area contributed by atoms with Gasteiger partial charge in [-0.05, 0) is 32.3 Å². The van der Waals surface area contributed by atoms with Crippen LogP contribution >= 0.6 is 0 Å². The molecule has 1 aliphatic rings. The van der Waals surface area contributed by atoms with Crippen LogP contribution < -0.4 is 11.1 Å². The Morgan fingerprint density at radius 1 is 1.40 bits per heavy atom. The third-order valence-corrected chi connectivity index (χ3v) is 3.20. The van der Waals surface area contributed by atoms with Crippen LogP contribution in [0.1, 0.15) is 36.9 Å². The third-order valence-electron chi connectivity index (χ3n) is 3.20. The van der Waals surface area contributed by atoms with Crippen LogP contribution in [0.4, 0.5) is 0 Å². The summed E-state index contributed by atoms with van der Waals surface area (Å²) in [5, 5.41) is 3.61. The predicted molar refractivity (Wildman–Crippen MR) is 63.7 cm³/mol. The lowest BCUT2D eigenvalue weighted by Crippen LogP contribution is -2.49. The van der Waals surface area contributed by atoms with E-state index in [1.165, 1.54) is 11.1 Å². The van der Waals surface area contributed by atoms with E-state index in [1.54, 1.807) is 0 Å². The molecule has 1 aromatic carbocycles. The fraction of sp³-hybridized carbons (Fsp3) is 0.538. The number of nitrogens with one attached hydrogen (secondary N) is 1. The number of benzene rings is 1. The molecular weight excluding hydrogens is 184 g/mol. The van der Waals surface area contributed by atoms with Crippen molar-refractivity contribution in [2.24, 2.45) is 5.73 Å². The molecule has 0 bridgehead atoms. The van der Waals surface area contributed by atoms with Gasteiger partial charge < -0.3 is 11.1 Å². The Morgan fingerprint density at radius 2 is 2.13 bits per heavy atom. The summed E-state index contributed by atoms with van der Waals surface area (Å²) in [5.74, 6) is 0. The molecule has 2 heteroatoms. The number of rotatable bonds is 3. The van der Waals surface area contributed by atoms with Gasteiger partial charge in [-0.1, -0.05) is 29.8 Å². The van der Waals surface area contributed by atoms with Crippen LogP contribution in [-0.2, 0) is 0 Å². The summed E-state index contributed by atoms with van der Waals surface area (Å²) in [4.78, 5) is 0. The van der Waals surface area contributed by atoms with E-state index < -0.39 is 0 Å². The molecule has 1 fully saturated rings. The van der Waals surface area contributed by atoms with Crippen LogP contribution in [0.3, 0.4) is 0 Å². The molecule has 82 valence electrons. The maximum atomic E-state index is 5.77. The van der Waals surface area contributed by atoms with E-state index in [0.717, 1.165) is 12.8 Å². The minimum Gasteiger partial charge on any atom is -0.328 e. The highest BCUT2D eigenvalue weighted by atomic mass is 15.0. The van der Waals surface area contributed by atoms with E-state index in [2.05, 4.69) is 43.4 Å². The average Bonchev–Trinajstić information content (AvgIpc) is 2.15. The predicted octanol–water partition coefficient (Wildman–Crippen LogP) is 2.14. The number of hydrogen-bond acceptors (Lipinski definition) is 2. The molecule has 0 spiro atoms. The number of nitrogens with two attached hydrogens (primary N) is 1. The lowest BCUT2D eigenvalue weighted by Gasteiger charge is -2.35. The van der Waals surface area contributed by atoms with Gasteiger partial charge in [0.25, 0.3) is 0 Å². The van der Waals surface area contributed by atoms with Gasteiger partial charge in [0.2, 0.25) is 0 Å². The summed E-state index contributed by atoms with van der Waals surface area (Å²) < 4.78 is 0. The topological polar surface area (TPSA) is 38.0 Å². The fourth-order valence-electron chi connectivity index (χ4n) is 2.19. The van der Waals surface area contributed by atoms with Gasteiger partial charge in [0, 0.05) is 18.1 Å². The fourth-order valence-corrected chi connectivity index (χ4v) is 2.19. The van der Waals surface area contributed by atoms with Crippen molar-refractivity contribution < 1.29 is 0 Å². The second-order valence-electron chi connectivity index (χ2n) is 4.73. The van der Waals surface area contributed by atoms with E-state index in [0.29, 0.717) is 18.1 Å². The minimum absolute atomic E-state index is 0.423. The van der Waals surface area contributed by atoms with Crippen LogP contribution in [0.5, 0.6) is 0 Å². The van der Waals surface area contributed by atoms with Crippen LogP contribution in [0.15, 0.2) is 24.3 Å². The van der Waals surface area contributed by atoms with Crippen molar-refractivity contribution in [2.75, 3.05) is 0 Å². The van der Waals surface area contributed by atoms with Crippen molar-refractivity contribution in [3.63, 3.8) is 0 Å². The van der Waals surface area contributed by atoms with Crippen molar-refractivity contribution in [1.82, 2.24) is 5.32 Å². The molecule has 1 aliphatic carbocycles. The molecule has 1 aromatic rings. The van der Waals surface area contributed by atoms with Crippen molar-refractivity contribution in [3.05, 3.63) is 35.4 Å². The molecule has 15 heavy (non-hydrogen) atoms. The molecule has 0 aromatic heterocycles. The lowest BCUT2D eigenvalue weighted by molar-refractivity contribution is 0.272. The van der Waals surface area contributed by atoms with E-state index >= 15 is 0 Å². The summed E-state index contributed by atoms with van der Waals surface area (Å²) >= 11 is 0. The zero-order chi connectivity index (χ0) is 10.8. The summed E-state index contributed by atoms with van der Waals surface area (Å²) in [6.45, 7) is 4.36. The molecule has 2 rings (SSSR count). The van der Waals surface area contributed by atoms with Gasteiger partial charge in [-0.3, -0.25) is 0 Å². The summed E-state index contributed by atoms with van der Waals surface area (Å²) in [7, 11) is 0. The maximum absolute atomic E-state index is 5.77. The second-order valence-corrected chi connectivity index (χ2v) is 4.73. The average molecular weight is 204 g/mol. The smallest absolute Gasteiger partial charge is 0.0294 e. The molecule has 0 aliphatic heterocycles. The molecule has 0 heterocycles. The Morgan fingerprint density at radius 3 is 2.73 bits per heavy atom. The Labute approximate surface area is 91.9 Å². The zero-order valence-electron chi connectivity index (χ0n) is 9.53. The first-order chi connectivity index (χ1) is 7.15. The monoisotopic (exact) mass is 204 g/mol. The zero-order valence-corrected chi connectivity index (χ0v) is 9.53. The second kappa shape index (κ2) is 4.33. The molecule has 1 saturated carbocycles. The Hall–Kier alpha value is -0.860. The van der Waals surface area contributed by atoms with Gasteiger partial charge in [-0.2, -0.15) is 0 Å². The SMILES string of the molecule is Cc1cccc([C@H](C)NC2CC(N)C2)c1. The Bertz CT molecular complexity index is 329. The van der Waals surface area contributed by atoms with E-state index in [4.69, 9.17) is 5.73 Å². The van der Waals surface area contributed by atoms with E-state index in [1.807, 2.05) is 0 Å². The molecule has 2 nitrogen and oxygen atoms in total. The molecular formula is C13H20N2. The summed E-state index contributed by atoms with van der Waals surface area (Å²) in [6.07, 6.45) is 2.24. The minimum atomic E-state index is 0.423. The molecule has 3 N–H and O–H groups in total. The van der Waals surface area contributed by atoms with E-state index in [-0.39, 0.29) is 0 Å². The highest BCUT2D eigenvalue weighted by Crippen LogP contribution is 2.22. The van der Waals surface area contributed by atoms with Gasteiger partial charge in [0.05, 0.1) is 0 Å². The van der Waals surface area contributed by atoms with Crippen molar-refractivity contribution in [1.29, 1.82) is 0 Å². The van der Waals surface area contributed by atoms with Crippen molar-refractivity contribution in [3.8, 4) is 0 Å². The highest BCUT2D eigenvalue weighted by Gasteiger charge is 2.26. The van der Waals surface area contributed by atoms with Crippen LogP contribution in [-0.4, -0.2) is 12.1 Å². The summed E-state index contributed by atoms with van der Waals surface area (Å²) in [6, 6.07) is 10.2. The maximum Gasteiger partial charge on any atom is 0.0294 e. The number of hydrogen-bond donors (Lipinski definition) is 2. The molecule has 0 amide bonds. The standard InChI is InChI=1S/C13H20N2/c1-9-4-3-5-11(6-9)10(2)15-13-7-12(14)8-13/h3-6,10,12-13,15H,7-8,14H2,1-2H3/t10-,12?,13?/m0/s1. The molecule has 1 atom stereocenters. The third kappa shape index (κ3) is 2.58.